The molecular formula is C13H19N5O. The summed E-state index contributed by atoms with van der Waals surface area (Å²) < 4.78 is 1.65. The molecule has 0 bridgehead atoms. The molecule has 0 aliphatic carbocycles. The molecule has 2 N–H and O–H groups in total. The van der Waals surface area contributed by atoms with E-state index in [9.17, 15) is 4.79 Å². The molecule has 1 aromatic heterocycles. The van der Waals surface area contributed by atoms with E-state index < -0.39 is 6.04 Å². The number of hydrogen-bond donors (Lipinski definition) is 1. The second-order valence-corrected chi connectivity index (χ2v) is 4.73. The molecule has 1 aromatic rings. The molecule has 1 amide bonds. The number of terminal acetylenes is 1. The van der Waals surface area contributed by atoms with Crippen molar-refractivity contribution < 1.29 is 4.79 Å². The van der Waals surface area contributed by atoms with E-state index >= 15 is 0 Å². The Bertz CT molecular complexity index is 481. The average Bonchev–Trinajstić information content (AvgIpc) is 2.85. The zero-order chi connectivity index (χ0) is 13.8. The minimum Gasteiger partial charge on any atom is -0.338 e. The monoisotopic (exact) mass is 261 g/mol. The van der Waals surface area contributed by atoms with Crippen LogP contribution in [0.4, 0.5) is 0 Å². The number of carbonyl (C=O) groups excluding carboxylic acids is 1. The van der Waals surface area contributed by atoms with Crippen LogP contribution < -0.4 is 5.73 Å². The Hall–Kier alpha value is -1.84. The van der Waals surface area contributed by atoms with Gasteiger partial charge in [-0.1, -0.05) is 5.92 Å². The summed E-state index contributed by atoms with van der Waals surface area (Å²) in [5, 5.41) is 4.04. The molecule has 6 heteroatoms. The number of aryl methyl sites for hydroxylation is 1. The maximum Gasteiger partial charge on any atom is 0.244 e. The van der Waals surface area contributed by atoms with Crippen LogP contribution in [0.5, 0.6) is 0 Å². The lowest BCUT2D eigenvalue weighted by Gasteiger charge is -2.34. The third-order valence-corrected chi connectivity index (χ3v) is 3.35. The maximum absolute atomic E-state index is 12.3. The van der Waals surface area contributed by atoms with Crippen molar-refractivity contribution in [2.45, 2.75) is 6.04 Å². The molecule has 1 aliphatic heterocycles. The topological polar surface area (TPSA) is 67.4 Å². The van der Waals surface area contributed by atoms with Gasteiger partial charge in [0.1, 0.15) is 6.04 Å². The fourth-order valence-corrected chi connectivity index (χ4v) is 2.20. The summed E-state index contributed by atoms with van der Waals surface area (Å²) in [6.45, 7) is 3.59. The Balaban J connectivity index is 1.92. The fourth-order valence-electron chi connectivity index (χ4n) is 2.20. The van der Waals surface area contributed by atoms with Gasteiger partial charge < -0.3 is 10.6 Å². The molecule has 2 heterocycles. The Labute approximate surface area is 113 Å². The number of piperazine rings is 1. The summed E-state index contributed by atoms with van der Waals surface area (Å²) >= 11 is 0. The molecule has 1 fully saturated rings. The van der Waals surface area contributed by atoms with Crippen molar-refractivity contribution >= 4 is 5.91 Å². The van der Waals surface area contributed by atoms with Crippen LogP contribution in [0, 0.1) is 12.3 Å². The quantitative estimate of drug-likeness (QED) is 0.723. The zero-order valence-corrected chi connectivity index (χ0v) is 11.1. The first-order valence-corrected chi connectivity index (χ1v) is 6.30. The highest BCUT2D eigenvalue weighted by Gasteiger charge is 2.26. The molecule has 19 heavy (non-hydrogen) atoms. The SMILES string of the molecule is C#CCN1CCN(C(=O)C(N)c2cnn(C)c2)CC1. The summed E-state index contributed by atoms with van der Waals surface area (Å²) in [7, 11) is 1.80. The van der Waals surface area contributed by atoms with Crippen molar-refractivity contribution in [2.24, 2.45) is 12.8 Å². The highest BCUT2D eigenvalue weighted by molar-refractivity contribution is 5.83. The Morgan fingerprint density at radius 2 is 2.21 bits per heavy atom. The Morgan fingerprint density at radius 3 is 2.74 bits per heavy atom. The molecule has 1 atom stereocenters. The number of amides is 1. The summed E-state index contributed by atoms with van der Waals surface area (Å²) in [6, 6.07) is -0.632. The van der Waals surface area contributed by atoms with E-state index in [2.05, 4.69) is 15.9 Å². The summed E-state index contributed by atoms with van der Waals surface area (Å²) in [5.41, 5.74) is 6.73. The van der Waals surface area contributed by atoms with Crippen molar-refractivity contribution in [3.8, 4) is 12.3 Å². The van der Waals surface area contributed by atoms with Crippen molar-refractivity contribution in [3.05, 3.63) is 18.0 Å². The van der Waals surface area contributed by atoms with Crippen LogP contribution in [0.1, 0.15) is 11.6 Å². The number of nitrogens with zero attached hydrogens (tertiary/aromatic N) is 4. The lowest BCUT2D eigenvalue weighted by atomic mass is 10.1. The minimum absolute atomic E-state index is 0.0478. The van der Waals surface area contributed by atoms with Gasteiger partial charge in [-0.2, -0.15) is 5.10 Å². The number of hydrogen-bond acceptors (Lipinski definition) is 4. The summed E-state index contributed by atoms with van der Waals surface area (Å²) in [6.07, 6.45) is 8.69. The van der Waals surface area contributed by atoms with Crippen LogP contribution in [0.3, 0.4) is 0 Å². The average molecular weight is 261 g/mol. The van der Waals surface area contributed by atoms with Crippen molar-refractivity contribution in [1.29, 1.82) is 0 Å². The third kappa shape index (κ3) is 3.13. The molecule has 2 rings (SSSR count). The fraction of sp³-hybridized carbons (Fsp3) is 0.538. The first-order valence-electron chi connectivity index (χ1n) is 6.30. The molecule has 1 unspecified atom stereocenters. The molecule has 0 radical (unpaired) electrons. The van der Waals surface area contributed by atoms with Crippen LogP contribution >= 0.6 is 0 Å². The van der Waals surface area contributed by atoms with Gasteiger partial charge in [-0.05, 0) is 0 Å². The predicted octanol–water partition coefficient (Wildman–Crippen LogP) is -0.803. The van der Waals surface area contributed by atoms with E-state index in [-0.39, 0.29) is 5.91 Å². The molecular weight excluding hydrogens is 242 g/mol. The van der Waals surface area contributed by atoms with Crippen molar-refractivity contribution in [2.75, 3.05) is 32.7 Å². The van der Waals surface area contributed by atoms with E-state index in [1.54, 1.807) is 29.0 Å². The minimum atomic E-state index is -0.632. The third-order valence-electron chi connectivity index (χ3n) is 3.35. The number of nitrogens with two attached hydrogens (primary N) is 1. The van der Waals surface area contributed by atoms with E-state index in [1.807, 2.05) is 0 Å². The first kappa shape index (κ1) is 13.6. The highest BCUT2D eigenvalue weighted by atomic mass is 16.2. The number of rotatable bonds is 3. The van der Waals surface area contributed by atoms with Gasteiger partial charge in [-0.3, -0.25) is 14.4 Å². The second kappa shape index (κ2) is 5.87. The highest BCUT2D eigenvalue weighted by Crippen LogP contribution is 2.13. The number of aromatic nitrogens is 2. The maximum atomic E-state index is 12.3. The molecule has 1 aliphatic rings. The van der Waals surface area contributed by atoms with E-state index in [4.69, 9.17) is 12.2 Å². The van der Waals surface area contributed by atoms with Crippen LogP contribution in [0.2, 0.25) is 0 Å². The van der Waals surface area contributed by atoms with Gasteiger partial charge in [-0.25, -0.2) is 0 Å². The molecule has 0 saturated carbocycles. The summed E-state index contributed by atoms with van der Waals surface area (Å²) in [5.74, 6) is 2.57. The lowest BCUT2D eigenvalue weighted by Crippen LogP contribution is -2.50. The Kier molecular flexibility index (Phi) is 4.20. The second-order valence-electron chi connectivity index (χ2n) is 4.73. The van der Waals surface area contributed by atoms with E-state index in [0.717, 1.165) is 18.7 Å². The van der Waals surface area contributed by atoms with Gasteiger partial charge in [0.2, 0.25) is 5.91 Å². The lowest BCUT2D eigenvalue weighted by molar-refractivity contribution is -0.134. The molecule has 0 aromatic carbocycles. The molecule has 1 saturated heterocycles. The first-order chi connectivity index (χ1) is 9.11. The predicted molar refractivity (Wildman–Crippen MR) is 72.0 cm³/mol. The standard InChI is InChI=1S/C13H19N5O/c1-3-4-17-5-7-18(8-6-17)13(19)12(14)11-9-15-16(2)10-11/h1,9-10,12H,4-8,14H2,2H3. The molecule has 0 spiro atoms. The largest absolute Gasteiger partial charge is 0.338 e. The zero-order valence-electron chi connectivity index (χ0n) is 11.1. The molecule has 6 nitrogen and oxygen atoms in total. The van der Waals surface area contributed by atoms with Gasteiger partial charge in [0.15, 0.2) is 0 Å². The van der Waals surface area contributed by atoms with Crippen molar-refractivity contribution in [3.63, 3.8) is 0 Å². The van der Waals surface area contributed by atoms with Gasteiger partial charge in [0, 0.05) is 45.0 Å². The number of carbonyl (C=O) groups is 1. The van der Waals surface area contributed by atoms with Gasteiger partial charge in [-0.15, -0.1) is 6.42 Å². The van der Waals surface area contributed by atoms with Gasteiger partial charge in [0.05, 0.1) is 12.7 Å². The van der Waals surface area contributed by atoms with Crippen LogP contribution in [0.15, 0.2) is 12.4 Å². The van der Waals surface area contributed by atoms with Crippen LogP contribution in [-0.2, 0) is 11.8 Å². The smallest absolute Gasteiger partial charge is 0.244 e. The van der Waals surface area contributed by atoms with E-state index in [0.29, 0.717) is 19.6 Å². The van der Waals surface area contributed by atoms with E-state index in [1.165, 1.54) is 0 Å². The van der Waals surface area contributed by atoms with Crippen molar-refractivity contribution in [1.82, 2.24) is 19.6 Å². The van der Waals surface area contributed by atoms with Crippen LogP contribution in [-0.4, -0.2) is 58.2 Å². The Morgan fingerprint density at radius 1 is 1.53 bits per heavy atom. The summed E-state index contributed by atoms with van der Waals surface area (Å²) in [4.78, 5) is 16.2. The normalized spacial score (nSPS) is 18.1. The van der Waals surface area contributed by atoms with Gasteiger partial charge in [0.25, 0.3) is 0 Å². The van der Waals surface area contributed by atoms with Crippen LogP contribution in [0.25, 0.3) is 0 Å². The van der Waals surface area contributed by atoms with Gasteiger partial charge >= 0.3 is 0 Å². The molecule has 102 valence electrons.